The van der Waals surface area contributed by atoms with Crippen molar-refractivity contribution in [2.45, 2.75) is 6.92 Å². The Kier molecular flexibility index (Phi) is 1.62. The van der Waals surface area contributed by atoms with Crippen molar-refractivity contribution in [3.8, 4) is 0 Å². The van der Waals surface area contributed by atoms with Gasteiger partial charge in [-0.1, -0.05) is 0 Å². The quantitative estimate of drug-likeness (QED) is 0.702. The maximum absolute atomic E-state index is 4.09. The van der Waals surface area contributed by atoms with Gasteiger partial charge in [0.05, 0.1) is 0 Å². The third-order valence-electron chi connectivity index (χ3n) is 1.51. The monoisotopic (exact) mass is 163 g/mol. The van der Waals surface area contributed by atoms with Gasteiger partial charge < -0.3 is 5.32 Å². The molecule has 0 bridgehead atoms. The van der Waals surface area contributed by atoms with Crippen LogP contribution in [0, 0.1) is 0 Å². The first-order valence-electron chi connectivity index (χ1n) is 3.82. The molecule has 0 saturated heterocycles. The van der Waals surface area contributed by atoms with Crippen LogP contribution in [-0.2, 0) is 0 Å². The molecule has 0 aliphatic heterocycles. The minimum Gasteiger partial charge on any atom is -0.353 e. The molecule has 62 valence electrons. The van der Waals surface area contributed by atoms with Crippen molar-refractivity contribution in [1.29, 1.82) is 0 Å². The first kappa shape index (κ1) is 7.02. The van der Waals surface area contributed by atoms with Crippen molar-refractivity contribution in [2.24, 2.45) is 0 Å². The lowest BCUT2D eigenvalue weighted by Gasteiger charge is -1.97. The lowest BCUT2D eigenvalue weighted by molar-refractivity contribution is 0.919. The van der Waals surface area contributed by atoms with Gasteiger partial charge in [0, 0.05) is 12.7 Å². The highest BCUT2D eigenvalue weighted by molar-refractivity contribution is 5.42. The van der Waals surface area contributed by atoms with Gasteiger partial charge in [-0.15, -0.1) is 10.2 Å². The Hall–Kier alpha value is -1.65. The Morgan fingerprint density at radius 3 is 3.25 bits per heavy atom. The average molecular weight is 163 g/mol. The summed E-state index contributed by atoms with van der Waals surface area (Å²) in [5, 5.41) is 15.0. The Morgan fingerprint density at radius 2 is 2.42 bits per heavy atom. The number of hydrogen-bond donors (Lipinski definition) is 1. The highest BCUT2D eigenvalue weighted by atomic mass is 15.4. The standard InChI is InChI=1S/C7H9N5/c1-2-8-7-11-10-6-4-3-5-9-12(6)7/h3-5H,2H2,1H3,(H,8,11). The maximum Gasteiger partial charge on any atom is 0.245 e. The number of hydrogen-bond acceptors (Lipinski definition) is 4. The van der Waals surface area contributed by atoms with Crippen LogP contribution in [0.4, 0.5) is 5.95 Å². The molecule has 0 amide bonds. The van der Waals surface area contributed by atoms with Gasteiger partial charge in [0.1, 0.15) is 0 Å². The molecule has 0 fully saturated rings. The summed E-state index contributed by atoms with van der Waals surface area (Å²) < 4.78 is 1.67. The van der Waals surface area contributed by atoms with E-state index in [1.54, 1.807) is 10.7 Å². The molecule has 2 rings (SSSR count). The smallest absolute Gasteiger partial charge is 0.245 e. The van der Waals surface area contributed by atoms with Gasteiger partial charge in [0.25, 0.3) is 0 Å². The summed E-state index contributed by atoms with van der Waals surface area (Å²) in [5.41, 5.74) is 0.758. The predicted molar refractivity (Wildman–Crippen MR) is 44.9 cm³/mol. The van der Waals surface area contributed by atoms with Crippen molar-refractivity contribution in [1.82, 2.24) is 19.8 Å². The van der Waals surface area contributed by atoms with Gasteiger partial charge in [-0.2, -0.15) is 9.61 Å². The summed E-state index contributed by atoms with van der Waals surface area (Å²) in [6.07, 6.45) is 1.71. The van der Waals surface area contributed by atoms with E-state index < -0.39 is 0 Å². The van der Waals surface area contributed by atoms with Crippen LogP contribution >= 0.6 is 0 Å². The third kappa shape index (κ3) is 0.990. The molecule has 12 heavy (non-hydrogen) atoms. The molecule has 0 unspecified atom stereocenters. The van der Waals surface area contributed by atoms with E-state index in [4.69, 9.17) is 0 Å². The minimum absolute atomic E-state index is 0.688. The van der Waals surface area contributed by atoms with E-state index in [0.29, 0.717) is 5.95 Å². The molecule has 0 aromatic carbocycles. The van der Waals surface area contributed by atoms with E-state index in [2.05, 4.69) is 20.6 Å². The second-order valence-corrected chi connectivity index (χ2v) is 2.35. The zero-order chi connectivity index (χ0) is 8.39. The number of anilines is 1. The lowest BCUT2D eigenvalue weighted by Crippen LogP contribution is -2.03. The van der Waals surface area contributed by atoms with E-state index in [1.807, 2.05) is 19.1 Å². The van der Waals surface area contributed by atoms with Crippen LogP contribution in [0.15, 0.2) is 18.3 Å². The van der Waals surface area contributed by atoms with E-state index in [1.165, 1.54) is 0 Å². The summed E-state index contributed by atoms with van der Waals surface area (Å²) in [6, 6.07) is 3.70. The molecule has 0 saturated carbocycles. The van der Waals surface area contributed by atoms with Crippen LogP contribution < -0.4 is 5.32 Å². The van der Waals surface area contributed by atoms with Gasteiger partial charge in [-0.05, 0) is 19.1 Å². The van der Waals surface area contributed by atoms with Gasteiger partial charge in [-0.25, -0.2) is 0 Å². The molecule has 2 heterocycles. The Labute approximate surface area is 69.4 Å². The molecule has 0 radical (unpaired) electrons. The molecular weight excluding hydrogens is 154 g/mol. The fourth-order valence-electron chi connectivity index (χ4n) is 1.01. The number of nitrogens with zero attached hydrogens (tertiary/aromatic N) is 4. The van der Waals surface area contributed by atoms with E-state index >= 15 is 0 Å². The van der Waals surface area contributed by atoms with Crippen LogP contribution in [0.2, 0.25) is 0 Å². The van der Waals surface area contributed by atoms with Gasteiger partial charge >= 0.3 is 0 Å². The zero-order valence-electron chi connectivity index (χ0n) is 6.73. The number of nitrogens with one attached hydrogen (secondary N) is 1. The van der Waals surface area contributed by atoms with Crippen molar-refractivity contribution in [3.05, 3.63) is 18.3 Å². The Balaban J connectivity index is 2.55. The predicted octanol–water partition coefficient (Wildman–Crippen LogP) is 0.556. The van der Waals surface area contributed by atoms with E-state index in [-0.39, 0.29) is 0 Å². The molecule has 2 aromatic heterocycles. The lowest BCUT2D eigenvalue weighted by atomic mass is 10.6. The van der Waals surface area contributed by atoms with E-state index in [9.17, 15) is 0 Å². The Morgan fingerprint density at radius 1 is 1.50 bits per heavy atom. The summed E-state index contributed by atoms with van der Waals surface area (Å²) in [7, 11) is 0. The van der Waals surface area contributed by atoms with Crippen molar-refractivity contribution in [3.63, 3.8) is 0 Å². The van der Waals surface area contributed by atoms with Crippen LogP contribution in [0.3, 0.4) is 0 Å². The van der Waals surface area contributed by atoms with Crippen molar-refractivity contribution < 1.29 is 0 Å². The topological polar surface area (TPSA) is 55.1 Å². The fraction of sp³-hybridized carbons (Fsp3) is 0.286. The van der Waals surface area contributed by atoms with Crippen molar-refractivity contribution >= 4 is 11.6 Å². The SMILES string of the molecule is CCNc1nnc2cccnn12. The first-order chi connectivity index (χ1) is 5.92. The largest absolute Gasteiger partial charge is 0.353 e. The van der Waals surface area contributed by atoms with Gasteiger partial charge in [-0.3, -0.25) is 0 Å². The summed E-state index contributed by atoms with van der Waals surface area (Å²) in [6.45, 7) is 2.82. The molecular formula is C7H9N5. The number of rotatable bonds is 2. The normalized spacial score (nSPS) is 10.4. The molecule has 5 heteroatoms. The fourth-order valence-corrected chi connectivity index (χ4v) is 1.01. The summed E-state index contributed by atoms with van der Waals surface area (Å²) in [4.78, 5) is 0. The zero-order valence-corrected chi connectivity index (χ0v) is 6.73. The summed E-state index contributed by atoms with van der Waals surface area (Å²) >= 11 is 0. The Bertz CT molecular complexity index is 380. The average Bonchev–Trinajstić information content (AvgIpc) is 2.50. The van der Waals surface area contributed by atoms with Crippen LogP contribution in [-0.4, -0.2) is 26.4 Å². The molecule has 2 aromatic rings. The molecule has 0 aliphatic rings. The second-order valence-electron chi connectivity index (χ2n) is 2.35. The minimum atomic E-state index is 0.688. The molecule has 0 aliphatic carbocycles. The van der Waals surface area contributed by atoms with Gasteiger partial charge in [0.2, 0.25) is 5.95 Å². The summed E-state index contributed by atoms with van der Waals surface area (Å²) in [5.74, 6) is 0.688. The molecule has 0 atom stereocenters. The maximum atomic E-state index is 4.09. The van der Waals surface area contributed by atoms with Crippen molar-refractivity contribution in [2.75, 3.05) is 11.9 Å². The molecule has 0 spiro atoms. The molecule has 1 N–H and O–H groups in total. The number of fused-ring (bicyclic) bond motifs is 1. The highest BCUT2D eigenvalue weighted by Crippen LogP contribution is 2.03. The van der Waals surface area contributed by atoms with E-state index in [0.717, 1.165) is 12.2 Å². The van der Waals surface area contributed by atoms with Crippen LogP contribution in [0.5, 0.6) is 0 Å². The van der Waals surface area contributed by atoms with Crippen LogP contribution in [0.25, 0.3) is 5.65 Å². The molecule has 5 nitrogen and oxygen atoms in total. The second kappa shape index (κ2) is 2.77. The van der Waals surface area contributed by atoms with Gasteiger partial charge in [0.15, 0.2) is 5.65 Å². The third-order valence-corrected chi connectivity index (χ3v) is 1.51. The van der Waals surface area contributed by atoms with Crippen LogP contribution in [0.1, 0.15) is 6.92 Å². The first-order valence-corrected chi connectivity index (χ1v) is 3.82. The number of aromatic nitrogens is 4. The highest BCUT2D eigenvalue weighted by Gasteiger charge is 2.01.